The summed E-state index contributed by atoms with van der Waals surface area (Å²) < 4.78 is 1.71. The van der Waals surface area contributed by atoms with Gasteiger partial charge in [-0.15, -0.1) is 11.3 Å². The maximum absolute atomic E-state index is 12.3. The fraction of sp³-hybridized carbons (Fsp3) is 0.412. The number of β-lactam (4-membered cyclic amide) rings is 1. The average Bonchev–Trinajstić information content (AvgIpc) is 3.23. The van der Waals surface area contributed by atoms with Gasteiger partial charge in [0.05, 0.1) is 22.9 Å². The van der Waals surface area contributed by atoms with Crippen molar-refractivity contribution in [2.75, 3.05) is 0 Å². The molecule has 2 aromatic heterocycles. The summed E-state index contributed by atoms with van der Waals surface area (Å²) in [5.74, 6) is -2.18. The predicted molar refractivity (Wildman–Crippen MR) is 92.7 cm³/mol. The molecule has 2 aromatic rings. The zero-order valence-corrected chi connectivity index (χ0v) is 15.0. The van der Waals surface area contributed by atoms with Crippen LogP contribution in [0.15, 0.2) is 18.2 Å². The van der Waals surface area contributed by atoms with Crippen molar-refractivity contribution in [2.24, 2.45) is 5.92 Å². The van der Waals surface area contributed by atoms with Crippen LogP contribution in [-0.4, -0.2) is 54.3 Å². The molecule has 4 heterocycles. The first-order valence-electron chi connectivity index (χ1n) is 8.32. The highest BCUT2D eigenvalue weighted by molar-refractivity contribution is 7.18. The first-order chi connectivity index (χ1) is 12.3. The number of carbonyl (C=O) groups is 3. The molecular weight excluding hydrogens is 358 g/mol. The van der Waals surface area contributed by atoms with Crippen molar-refractivity contribution >= 4 is 39.4 Å². The highest BCUT2D eigenvalue weighted by Crippen LogP contribution is 2.48. The molecule has 0 radical (unpaired) electrons. The molecule has 1 amide bonds. The number of hydrogen-bond acceptors (Lipinski definition) is 6. The molecule has 1 fully saturated rings. The Kier molecular flexibility index (Phi) is 3.74. The molecule has 0 aliphatic carbocycles. The number of Topliss-reactive ketones (excluding diaryl/α,β-unsaturated/α-hetero) is 1. The minimum absolute atomic E-state index is 0.0299. The Morgan fingerprint density at radius 2 is 2.19 bits per heavy atom. The van der Waals surface area contributed by atoms with E-state index < -0.39 is 18.0 Å². The van der Waals surface area contributed by atoms with Crippen LogP contribution in [-0.2, 0) is 9.59 Å². The number of fused-ring (bicyclic) bond motifs is 2. The topological polar surface area (TPSA) is 112 Å². The van der Waals surface area contributed by atoms with Crippen LogP contribution in [0.2, 0.25) is 0 Å². The van der Waals surface area contributed by atoms with E-state index in [-0.39, 0.29) is 23.4 Å². The lowest BCUT2D eigenvalue weighted by atomic mass is 9.83. The second kappa shape index (κ2) is 5.75. The molecule has 0 aromatic carbocycles. The number of aliphatic carboxylic acids is 1. The summed E-state index contributed by atoms with van der Waals surface area (Å²) in [6.07, 6.45) is 3.16. The number of carboxylic acid groups (broad SMARTS) is 1. The monoisotopic (exact) mass is 375 g/mol. The summed E-state index contributed by atoms with van der Waals surface area (Å²) in [6.45, 7) is 3.30. The zero-order valence-electron chi connectivity index (χ0n) is 14.2. The Morgan fingerprint density at radius 1 is 1.46 bits per heavy atom. The number of carboxylic acids is 1. The Balaban J connectivity index is 1.79. The number of amides is 1. The Bertz CT molecular complexity index is 986. The summed E-state index contributed by atoms with van der Waals surface area (Å²) in [7, 11) is 0. The van der Waals surface area contributed by atoms with Gasteiger partial charge in [0.25, 0.3) is 0 Å². The molecule has 2 N–H and O–H groups in total. The van der Waals surface area contributed by atoms with Crippen LogP contribution in [0.25, 0.3) is 10.4 Å². The van der Waals surface area contributed by atoms with Gasteiger partial charge in [0, 0.05) is 18.2 Å². The normalized spacial score (nSPS) is 23.3. The van der Waals surface area contributed by atoms with Crippen molar-refractivity contribution in [1.29, 1.82) is 0 Å². The maximum Gasteiger partial charge on any atom is 0.352 e. The van der Waals surface area contributed by atoms with Crippen molar-refractivity contribution in [3.05, 3.63) is 28.8 Å². The van der Waals surface area contributed by atoms with Crippen LogP contribution < -0.4 is 0 Å². The van der Waals surface area contributed by atoms with E-state index in [1.807, 2.05) is 0 Å². The van der Waals surface area contributed by atoms with Gasteiger partial charge in [-0.05, 0) is 13.3 Å². The first-order valence-corrected chi connectivity index (χ1v) is 9.14. The minimum Gasteiger partial charge on any atom is -0.477 e. The maximum atomic E-state index is 12.3. The Morgan fingerprint density at radius 3 is 2.81 bits per heavy atom. The van der Waals surface area contributed by atoms with Crippen molar-refractivity contribution in [3.8, 4) is 0 Å². The summed E-state index contributed by atoms with van der Waals surface area (Å²) in [6, 6.07) is -0.333. The molecule has 26 heavy (non-hydrogen) atoms. The van der Waals surface area contributed by atoms with E-state index in [0.717, 1.165) is 0 Å². The van der Waals surface area contributed by atoms with Gasteiger partial charge in [0.2, 0.25) is 5.91 Å². The summed E-state index contributed by atoms with van der Waals surface area (Å²) >= 11 is 1.29. The SMILES string of the molecule is CCC(=O)c1ncn2cc(C3=C(C(=O)O)N4C(=O)[C@H]([C@@H](C)O)[C@H]4C3)sc12. The van der Waals surface area contributed by atoms with E-state index in [9.17, 15) is 24.6 Å². The van der Waals surface area contributed by atoms with E-state index >= 15 is 0 Å². The summed E-state index contributed by atoms with van der Waals surface area (Å²) in [5.41, 5.74) is 0.903. The molecule has 1 saturated heterocycles. The van der Waals surface area contributed by atoms with Crippen LogP contribution >= 0.6 is 11.3 Å². The molecular formula is C17H17N3O5S. The number of aliphatic hydroxyl groups is 1. The van der Waals surface area contributed by atoms with Gasteiger partial charge >= 0.3 is 5.97 Å². The molecule has 4 rings (SSSR count). The van der Waals surface area contributed by atoms with Crippen LogP contribution in [0.1, 0.15) is 42.1 Å². The molecule has 2 aliphatic rings. The van der Waals surface area contributed by atoms with E-state index in [1.165, 1.54) is 22.6 Å². The average molecular weight is 375 g/mol. The number of thiazole rings is 1. The largest absolute Gasteiger partial charge is 0.477 e. The summed E-state index contributed by atoms with van der Waals surface area (Å²) in [4.78, 5) is 42.9. The van der Waals surface area contributed by atoms with Gasteiger partial charge < -0.3 is 15.1 Å². The van der Waals surface area contributed by atoms with Gasteiger partial charge in [-0.25, -0.2) is 9.78 Å². The quantitative estimate of drug-likeness (QED) is 0.603. The number of hydrogen-bond donors (Lipinski definition) is 2. The standard InChI is InChI=1S/C17H17N3O5S/c1-3-10(22)13-16-19(6-18-13)5-11(26-16)8-4-9-12(7(2)21)15(23)20(9)14(8)17(24)25/h5-7,9,12,21H,3-4H2,1-2H3,(H,24,25)/t7-,9-,12-/m1/s1. The van der Waals surface area contributed by atoms with Crippen LogP contribution in [0.4, 0.5) is 0 Å². The molecule has 3 atom stereocenters. The Labute approximate surface area is 152 Å². The first kappa shape index (κ1) is 16.9. The van der Waals surface area contributed by atoms with Gasteiger partial charge in [0.1, 0.15) is 22.5 Å². The third-order valence-electron chi connectivity index (χ3n) is 5.03. The molecule has 0 unspecified atom stereocenters. The third kappa shape index (κ3) is 2.17. The summed E-state index contributed by atoms with van der Waals surface area (Å²) in [5, 5.41) is 19.4. The van der Waals surface area contributed by atoms with Crippen molar-refractivity contribution in [1.82, 2.24) is 14.3 Å². The number of rotatable bonds is 5. The van der Waals surface area contributed by atoms with Gasteiger partial charge in [-0.3, -0.25) is 14.0 Å². The van der Waals surface area contributed by atoms with Crippen LogP contribution in [0, 0.1) is 5.92 Å². The molecule has 136 valence electrons. The smallest absolute Gasteiger partial charge is 0.352 e. The number of aliphatic hydroxyl groups excluding tert-OH is 1. The molecule has 9 heteroatoms. The fourth-order valence-electron chi connectivity index (χ4n) is 3.79. The number of carbonyl (C=O) groups excluding carboxylic acids is 2. The second-order valence-corrected chi connectivity index (χ2v) is 7.59. The van der Waals surface area contributed by atoms with Crippen molar-refractivity contribution in [2.45, 2.75) is 38.8 Å². The Hall–Kier alpha value is -2.52. The lowest BCUT2D eigenvalue weighted by molar-refractivity contribution is -0.161. The van der Waals surface area contributed by atoms with E-state index in [0.29, 0.717) is 33.8 Å². The highest BCUT2D eigenvalue weighted by Gasteiger charge is 2.57. The van der Waals surface area contributed by atoms with Crippen molar-refractivity contribution < 1.29 is 24.6 Å². The number of ketones is 1. The molecule has 2 aliphatic heterocycles. The fourth-order valence-corrected chi connectivity index (χ4v) is 4.93. The molecule has 8 nitrogen and oxygen atoms in total. The lowest BCUT2D eigenvalue weighted by Gasteiger charge is -2.44. The highest BCUT2D eigenvalue weighted by atomic mass is 32.1. The van der Waals surface area contributed by atoms with Crippen LogP contribution in [0.5, 0.6) is 0 Å². The van der Waals surface area contributed by atoms with Crippen molar-refractivity contribution in [3.63, 3.8) is 0 Å². The predicted octanol–water partition coefficient (Wildman–Crippen LogP) is 1.40. The number of nitrogens with zero attached hydrogens (tertiary/aromatic N) is 3. The van der Waals surface area contributed by atoms with Gasteiger partial charge in [-0.2, -0.15) is 0 Å². The zero-order chi connectivity index (χ0) is 18.7. The number of aromatic nitrogens is 2. The lowest BCUT2D eigenvalue weighted by Crippen LogP contribution is -2.61. The van der Waals surface area contributed by atoms with Gasteiger partial charge in [-0.1, -0.05) is 6.92 Å². The van der Waals surface area contributed by atoms with E-state index in [4.69, 9.17) is 0 Å². The van der Waals surface area contributed by atoms with E-state index in [2.05, 4.69) is 4.98 Å². The molecule has 0 spiro atoms. The second-order valence-electron chi connectivity index (χ2n) is 6.56. The molecule has 0 saturated carbocycles. The minimum atomic E-state index is -1.17. The third-order valence-corrected chi connectivity index (χ3v) is 6.19. The van der Waals surface area contributed by atoms with Gasteiger partial charge in [0.15, 0.2) is 5.78 Å². The van der Waals surface area contributed by atoms with Crippen LogP contribution in [0.3, 0.4) is 0 Å². The van der Waals surface area contributed by atoms with E-state index in [1.54, 1.807) is 24.4 Å². The number of imidazole rings is 1. The molecule has 0 bridgehead atoms.